The Hall–Kier alpha value is -2.73. The van der Waals surface area contributed by atoms with Crippen LogP contribution in [0.1, 0.15) is 36.2 Å². The van der Waals surface area contributed by atoms with Gasteiger partial charge in [-0.15, -0.1) is 12.4 Å². The summed E-state index contributed by atoms with van der Waals surface area (Å²) in [5.74, 6) is -0.0931. The van der Waals surface area contributed by atoms with Crippen LogP contribution in [0.5, 0.6) is 0 Å². The highest BCUT2D eigenvalue weighted by Crippen LogP contribution is 2.32. The van der Waals surface area contributed by atoms with E-state index in [1.54, 1.807) is 29.2 Å². The third-order valence-electron chi connectivity index (χ3n) is 4.32. The lowest BCUT2D eigenvalue weighted by molar-refractivity contribution is 0.0985. The lowest BCUT2D eigenvalue weighted by Gasteiger charge is -2.30. The minimum absolute atomic E-state index is 0. The molecule has 0 unspecified atom stereocenters. The maximum Gasteiger partial charge on any atom is 0.319 e. The summed E-state index contributed by atoms with van der Waals surface area (Å²) in [6.07, 6.45) is 1.75. The molecule has 0 bridgehead atoms. The second-order valence-electron chi connectivity index (χ2n) is 6.74. The number of nitrogens with zero attached hydrogens (tertiary/aromatic N) is 1. The van der Waals surface area contributed by atoms with E-state index in [9.17, 15) is 9.59 Å². The van der Waals surface area contributed by atoms with Crippen LogP contribution in [0.4, 0.5) is 21.9 Å². The van der Waals surface area contributed by atoms with Crippen molar-refractivity contribution in [3.63, 3.8) is 0 Å². The monoisotopic (exact) mass is 388 g/mol. The van der Waals surface area contributed by atoms with E-state index >= 15 is 0 Å². The first-order valence-electron chi connectivity index (χ1n) is 8.82. The number of nitrogens with one attached hydrogen (secondary N) is 2. The Morgan fingerprint density at radius 1 is 1.15 bits per heavy atom. The van der Waals surface area contributed by atoms with Crippen LogP contribution in [-0.4, -0.2) is 24.5 Å². The van der Waals surface area contributed by atoms with Gasteiger partial charge in [0.25, 0.3) is 5.91 Å². The van der Waals surface area contributed by atoms with Gasteiger partial charge in [-0.25, -0.2) is 4.79 Å². The summed E-state index contributed by atoms with van der Waals surface area (Å²) in [5, 5.41) is 5.52. The van der Waals surface area contributed by atoms with Crippen molar-refractivity contribution in [3.05, 3.63) is 53.6 Å². The number of benzene rings is 2. The number of hydrogen-bond acceptors (Lipinski definition) is 3. The molecular formula is C20H25ClN4O2. The van der Waals surface area contributed by atoms with Crippen molar-refractivity contribution in [2.75, 3.05) is 22.5 Å². The van der Waals surface area contributed by atoms with Crippen molar-refractivity contribution >= 4 is 41.4 Å². The quantitative estimate of drug-likeness (QED) is 0.698. The van der Waals surface area contributed by atoms with Crippen molar-refractivity contribution in [3.8, 4) is 0 Å². The molecule has 3 rings (SSSR count). The molecule has 0 fully saturated rings. The third-order valence-corrected chi connectivity index (χ3v) is 4.32. The molecule has 0 radical (unpaired) electrons. The number of halogens is 1. The van der Waals surface area contributed by atoms with Crippen LogP contribution in [0.15, 0.2) is 42.5 Å². The van der Waals surface area contributed by atoms with Crippen LogP contribution >= 0.6 is 12.4 Å². The maximum absolute atomic E-state index is 13.0. The number of rotatable bonds is 3. The molecule has 6 nitrogen and oxygen atoms in total. The molecule has 0 spiro atoms. The van der Waals surface area contributed by atoms with E-state index < -0.39 is 0 Å². The van der Waals surface area contributed by atoms with E-state index in [1.165, 1.54) is 0 Å². The van der Waals surface area contributed by atoms with Gasteiger partial charge in [-0.05, 0) is 62.6 Å². The van der Waals surface area contributed by atoms with Crippen molar-refractivity contribution in [2.45, 2.75) is 32.7 Å². The zero-order valence-corrected chi connectivity index (χ0v) is 16.3. The number of carbonyl (C=O) groups is 2. The summed E-state index contributed by atoms with van der Waals surface area (Å²) in [6, 6.07) is 12.4. The number of fused-ring (bicyclic) bond motifs is 1. The minimum atomic E-state index is -0.291. The average molecular weight is 389 g/mol. The van der Waals surface area contributed by atoms with Gasteiger partial charge in [-0.1, -0.05) is 12.1 Å². The Kier molecular flexibility index (Phi) is 6.69. The lowest BCUT2D eigenvalue weighted by atomic mass is 9.99. The first-order chi connectivity index (χ1) is 12.5. The van der Waals surface area contributed by atoms with Crippen LogP contribution in [0, 0.1) is 0 Å². The molecule has 144 valence electrons. The van der Waals surface area contributed by atoms with Crippen molar-refractivity contribution in [2.24, 2.45) is 0 Å². The van der Waals surface area contributed by atoms with Gasteiger partial charge in [-0.2, -0.15) is 0 Å². The summed E-state index contributed by atoms with van der Waals surface area (Å²) in [6.45, 7) is 4.43. The second-order valence-corrected chi connectivity index (χ2v) is 6.74. The molecule has 1 aliphatic rings. The Balaban J connectivity index is 0.00000261. The smallest absolute Gasteiger partial charge is 0.319 e. The summed E-state index contributed by atoms with van der Waals surface area (Å²) >= 11 is 0. The Morgan fingerprint density at radius 3 is 2.63 bits per heavy atom. The molecule has 0 aromatic heterocycles. The van der Waals surface area contributed by atoms with E-state index in [0.29, 0.717) is 17.8 Å². The van der Waals surface area contributed by atoms with Crippen LogP contribution in [0.25, 0.3) is 0 Å². The Bertz CT molecular complexity index is 838. The average Bonchev–Trinajstić information content (AvgIpc) is 2.60. The largest absolute Gasteiger partial charge is 0.398 e. The molecule has 2 aromatic carbocycles. The molecule has 1 aliphatic heterocycles. The number of carbonyl (C=O) groups excluding carboxylic acids is 2. The molecule has 3 amide bonds. The van der Waals surface area contributed by atoms with E-state index in [1.807, 2.05) is 32.0 Å². The maximum atomic E-state index is 13.0. The molecule has 27 heavy (non-hydrogen) atoms. The van der Waals surface area contributed by atoms with E-state index in [0.717, 1.165) is 29.8 Å². The van der Waals surface area contributed by atoms with E-state index in [-0.39, 0.29) is 30.4 Å². The number of nitrogen functional groups attached to an aromatic ring is 1. The van der Waals surface area contributed by atoms with Gasteiger partial charge >= 0.3 is 6.03 Å². The van der Waals surface area contributed by atoms with Gasteiger partial charge in [0.2, 0.25) is 0 Å². The number of amides is 3. The normalized spacial score (nSPS) is 12.8. The fourth-order valence-corrected chi connectivity index (χ4v) is 3.18. The van der Waals surface area contributed by atoms with E-state index in [2.05, 4.69) is 10.6 Å². The predicted octanol–water partition coefficient (Wildman–Crippen LogP) is 3.81. The van der Waals surface area contributed by atoms with Crippen molar-refractivity contribution < 1.29 is 9.59 Å². The fraction of sp³-hybridized carbons (Fsp3) is 0.300. The third kappa shape index (κ3) is 4.71. The number of hydrogen-bond donors (Lipinski definition) is 3. The fourth-order valence-electron chi connectivity index (χ4n) is 3.18. The first kappa shape index (κ1) is 20.6. The lowest BCUT2D eigenvalue weighted by Crippen LogP contribution is -2.36. The van der Waals surface area contributed by atoms with Crippen LogP contribution in [0.2, 0.25) is 0 Å². The first-order valence-corrected chi connectivity index (χ1v) is 8.82. The standard InChI is InChI=1S/C20H24N4O2.ClH/c1-13(2)22-20(26)23-15-7-3-6-14(12-15)19(25)24-11-5-8-16-17(21)9-4-10-18(16)24;/h3-4,6-7,9-10,12-13H,5,8,11,21H2,1-2H3,(H2,22,23,26);1H. The molecule has 4 N–H and O–H groups in total. The van der Waals surface area contributed by atoms with Gasteiger partial charge in [0.05, 0.1) is 0 Å². The Morgan fingerprint density at radius 2 is 1.89 bits per heavy atom. The van der Waals surface area contributed by atoms with Gasteiger partial charge in [0, 0.05) is 35.2 Å². The van der Waals surface area contributed by atoms with Crippen molar-refractivity contribution in [1.82, 2.24) is 5.32 Å². The molecule has 0 aliphatic carbocycles. The number of anilines is 3. The Labute approximate surface area is 165 Å². The molecular weight excluding hydrogens is 364 g/mol. The van der Waals surface area contributed by atoms with Gasteiger partial charge in [0.1, 0.15) is 0 Å². The highest BCUT2D eigenvalue weighted by Gasteiger charge is 2.24. The second kappa shape index (κ2) is 8.77. The van der Waals surface area contributed by atoms with Gasteiger partial charge < -0.3 is 21.3 Å². The summed E-state index contributed by atoms with van der Waals surface area (Å²) in [4.78, 5) is 26.7. The van der Waals surface area contributed by atoms with Crippen LogP contribution in [0.3, 0.4) is 0 Å². The minimum Gasteiger partial charge on any atom is -0.398 e. The summed E-state index contributed by atoms with van der Waals surface area (Å²) in [5.41, 5.74) is 9.80. The summed E-state index contributed by atoms with van der Waals surface area (Å²) in [7, 11) is 0. The highest BCUT2D eigenvalue weighted by molar-refractivity contribution is 6.08. The predicted molar refractivity (Wildman–Crippen MR) is 112 cm³/mol. The SMILES string of the molecule is CC(C)NC(=O)Nc1cccc(C(=O)N2CCCc3c(N)cccc32)c1.Cl. The molecule has 2 aromatic rings. The topological polar surface area (TPSA) is 87.5 Å². The molecule has 0 atom stereocenters. The number of urea groups is 1. The highest BCUT2D eigenvalue weighted by atomic mass is 35.5. The van der Waals surface area contributed by atoms with Gasteiger partial charge in [-0.3, -0.25) is 4.79 Å². The van der Waals surface area contributed by atoms with E-state index in [4.69, 9.17) is 5.73 Å². The zero-order valence-electron chi connectivity index (χ0n) is 15.5. The summed E-state index contributed by atoms with van der Waals surface area (Å²) < 4.78 is 0. The van der Waals surface area contributed by atoms with Crippen molar-refractivity contribution in [1.29, 1.82) is 0 Å². The molecule has 7 heteroatoms. The van der Waals surface area contributed by atoms with Crippen LogP contribution < -0.4 is 21.3 Å². The molecule has 1 heterocycles. The molecule has 0 saturated carbocycles. The zero-order chi connectivity index (χ0) is 18.7. The molecule has 0 saturated heterocycles. The van der Waals surface area contributed by atoms with Gasteiger partial charge in [0.15, 0.2) is 0 Å². The van der Waals surface area contributed by atoms with Crippen LogP contribution in [-0.2, 0) is 6.42 Å². The number of nitrogens with two attached hydrogens (primary N) is 1.